The largest absolute Gasteiger partial charge is 0.469 e. The second kappa shape index (κ2) is 6.64. The Balaban J connectivity index is 0.000000217. The molecule has 0 N–H and O–H groups in total. The minimum Gasteiger partial charge on any atom is -0.469 e. The van der Waals surface area contributed by atoms with Crippen LogP contribution in [0.3, 0.4) is 0 Å². The molecular formula is C8H14O4. The maximum atomic E-state index is 10.2. The highest BCUT2D eigenvalue weighted by Gasteiger charge is 2.06. The Kier molecular flexibility index (Phi) is 6.05. The highest BCUT2D eigenvalue weighted by molar-refractivity contribution is 5.69. The van der Waals surface area contributed by atoms with Crippen molar-refractivity contribution in [3.8, 4) is 0 Å². The van der Waals surface area contributed by atoms with Crippen molar-refractivity contribution < 1.29 is 19.1 Å². The molecule has 0 aromatic rings. The van der Waals surface area contributed by atoms with Crippen LogP contribution >= 0.6 is 0 Å². The molecule has 12 heavy (non-hydrogen) atoms. The molecule has 0 radical (unpaired) electrons. The summed E-state index contributed by atoms with van der Waals surface area (Å²) in [7, 11) is 1.35. The van der Waals surface area contributed by atoms with Gasteiger partial charge in [0.2, 0.25) is 0 Å². The van der Waals surface area contributed by atoms with Crippen LogP contribution in [0.15, 0.2) is 0 Å². The van der Waals surface area contributed by atoms with Gasteiger partial charge in [-0.05, 0) is 12.8 Å². The van der Waals surface area contributed by atoms with Gasteiger partial charge in [-0.1, -0.05) is 0 Å². The molecule has 0 atom stereocenters. The van der Waals surface area contributed by atoms with Crippen molar-refractivity contribution in [3.05, 3.63) is 0 Å². The quantitative estimate of drug-likeness (QED) is 0.512. The topological polar surface area (TPSA) is 52.6 Å². The normalized spacial score (nSPS) is 15.3. The zero-order valence-corrected chi connectivity index (χ0v) is 7.46. The van der Waals surface area contributed by atoms with E-state index in [9.17, 15) is 9.59 Å². The summed E-state index contributed by atoms with van der Waals surface area (Å²) in [6.07, 6.45) is 2.69. The Labute approximate surface area is 71.8 Å². The van der Waals surface area contributed by atoms with E-state index in [0.717, 1.165) is 12.8 Å². The van der Waals surface area contributed by atoms with Crippen LogP contribution in [0, 0.1) is 0 Å². The van der Waals surface area contributed by atoms with Crippen LogP contribution < -0.4 is 0 Å². The molecule has 0 bridgehead atoms. The summed E-state index contributed by atoms with van der Waals surface area (Å²) in [5.41, 5.74) is 0. The number of carbonyl (C=O) groups is 2. The summed E-state index contributed by atoms with van der Waals surface area (Å²) in [6, 6.07) is 0. The molecule has 0 aliphatic carbocycles. The molecule has 0 amide bonds. The summed E-state index contributed by atoms with van der Waals surface area (Å²) in [6.45, 7) is 2.00. The van der Waals surface area contributed by atoms with Crippen LogP contribution in [-0.4, -0.2) is 25.7 Å². The summed E-state index contributed by atoms with van der Waals surface area (Å²) in [5, 5.41) is 0. The van der Waals surface area contributed by atoms with Crippen molar-refractivity contribution in [3.63, 3.8) is 0 Å². The summed E-state index contributed by atoms with van der Waals surface area (Å²) in [4.78, 5) is 19.8. The predicted molar refractivity (Wildman–Crippen MR) is 42.5 cm³/mol. The van der Waals surface area contributed by atoms with Crippen molar-refractivity contribution in [2.45, 2.75) is 26.2 Å². The third-order valence-corrected chi connectivity index (χ3v) is 1.33. The third-order valence-electron chi connectivity index (χ3n) is 1.33. The maximum absolute atomic E-state index is 10.2. The first-order chi connectivity index (χ1) is 5.66. The average molecular weight is 174 g/mol. The van der Waals surface area contributed by atoms with Gasteiger partial charge in [-0.25, -0.2) is 0 Å². The highest BCUT2D eigenvalue weighted by atomic mass is 16.5. The van der Waals surface area contributed by atoms with E-state index in [-0.39, 0.29) is 11.9 Å². The van der Waals surface area contributed by atoms with Crippen molar-refractivity contribution in [1.82, 2.24) is 0 Å². The molecule has 1 saturated heterocycles. The Morgan fingerprint density at radius 1 is 1.50 bits per heavy atom. The summed E-state index contributed by atoms with van der Waals surface area (Å²) in [5.74, 6) is -0.281. The smallest absolute Gasteiger partial charge is 0.305 e. The molecule has 0 aromatic carbocycles. The lowest BCUT2D eigenvalue weighted by Gasteiger charge is -2.08. The van der Waals surface area contributed by atoms with Crippen molar-refractivity contribution in [2.24, 2.45) is 0 Å². The molecule has 0 unspecified atom stereocenters. The number of hydrogen-bond acceptors (Lipinski definition) is 4. The molecule has 1 heterocycles. The Hall–Kier alpha value is -1.06. The number of methoxy groups -OCH3 is 1. The molecule has 1 aliphatic rings. The van der Waals surface area contributed by atoms with Crippen LogP contribution in [-0.2, 0) is 19.1 Å². The van der Waals surface area contributed by atoms with Gasteiger partial charge < -0.3 is 9.47 Å². The molecule has 1 fully saturated rings. The fraction of sp³-hybridized carbons (Fsp3) is 0.750. The Bertz CT molecular complexity index is 145. The van der Waals surface area contributed by atoms with Crippen LogP contribution in [0.2, 0.25) is 0 Å². The van der Waals surface area contributed by atoms with Crippen molar-refractivity contribution in [2.75, 3.05) is 13.7 Å². The number of esters is 2. The second-order valence-corrected chi connectivity index (χ2v) is 2.37. The predicted octanol–water partition coefficient (Wildman–Crippen LogP) is 0.893. The molecule has 0 spiro atoms. The van der Waals surface area contributed by atoms with E-state index >= 15 is 0 Å². The Morgan fingerprint density at radius 3 is 2.25 bits per heavy atom. The van der Waals surface area contributed by atoms with Gasteiger partial charge in [-0.3, -0.25) is 9.59 Å². The van der Waals surface area contributed by atoms with Gasteiger partial charge in [0.25, 0.3) is 0 Å². The van der Waals surface area contributed by atoms with E-state index in [2.05, 4.69) is 9.47 Å². The number of rotatable bonds is 0. The first-order valence-corrected chi connectivity index (χ1v) is 3.87. The SMILES string of the molecule is COC(C)=O.O=C1CCCCO1. The Morgan fingerprint density at radius 2 is 2.08 bits per heavy atom. The first kappa shape index (κ1) is 10.9. The first-order valence-electron chi connectivity index (χ1n) is 3.87. The van der Waals surface area contributed by atoms with E-state index in [1.165, 1.54) is 14.0 Å². The van der Waals surface area contributed by atoms with Gasteiger partial charge in [0, 0.05) is 13.3 Å². The van der Waals surface area contributed by atoms with Gasteiger partial charge in [0.15, 0.2) is 0 Å². The lowest BCUT2D eigenvalue weighted by atomic mass is 10.2. The fourth-order valence-electron chi connectivity index (χ4n) is 0.630. The van der Waals surface area contributed by atoms with Crippen LogP contribution in [0.5, 0.6) is 0 Å². The lowest BCUT2D eigenvalue weighted by molar-refractivity contribution is -0.146. The van der Waals surface area contributed by atoms with Crippen molar-refractivity contribution >= 4 is 11.9 Å². The van der Waals surface area contributed by atoms with Crippen LogP contribution in [0.1, 0.15) is 26.2 Å². The average Bonchev–Trinajstić information content (AvgIpc) is 2.07. The molecule has 1 rings (SSSR count). The zero-order valence-electron chi connectivity index (χ0n) is 7.46. The summed E-state index contributed by atoms with van der Waals surface area (Å²) >= 11 is 0. The minimum atomic E-state index is -0.245. The van der Waals surface area contributed by atoms with Gasteiger partial charge in [-0.2, -0.15) is 0 Å². The number of carbonyl (C=O) groups excluding carboxylic acids is 2. The van der Waals surface area contributed by atoms with E-state index in [4.69, 9.17) is 0 Å². The van der Waals surface area contributed by atoms with Gasteiger partial charge >= 0.3 is 11.9 Å². The van der Waals surface area contributed by atoms with E-state index in [0.29, 0.717) is 13.0 Å². The van der Waals surface area contributed by atoms with Crippen LogP contribution in [0.4, 0.5) is 0 Å². The lowest BCUT2D eigenvalue weighted by Crippen LogP contribution is -2.10. The number of ether oxygens (including phenoxy) is 2. The minimum absolute atomic E-state index is 0.0359. The highest BCUT2D eigenvalue weighted by Crippen LogP contribution is 2.04. The van der Waals surface area contributed by atoms with E-state index < -0.39 is 0 Å². The van der Waals surface area contributed by atoms with Gasteiger partial charge in [0.05, 0.1) is 13.7 Å². The molecule has 70 valence electrons. The monoisotopic (exact) mass is 174 g/mol. The third kappa shape index (κ3) is 7.05. The molecule has 0 saturated carbocycles. The zero-order chi connectivity index (χ0) is 9.40. The second-order valence-electron chi connectivity index (χ2n) is 2.37. The molecule has 4 nitrogen and oxygen atoms in total. The van der Waals surface area contributed by atoms with Crippen LogP contribution in [0.25, 0.3) is 0 Å². The maximum Gasteiger partial charge on any atom is 0.305 e. The summed E-state index contributed by atoms with van der Waals surface area (Å²) < 4.78 is 8.75. The van der Waals surface area contributed by atoms with Crippen molar-refractivity contribution in [1.29, 1.82) is 0 Å². The standard InChI is InChI=1S/C5H8O2.C3H6O2/c6-5-3-1-2-4-7-5;1-3(4)5-2/h1-4H2;1-2H3. The molecular weight excluding hydrogens is 160 g/mol. The number of hydrogen-bond donors (Lipinski definition) is 0. The van der Waals surface area contributed by atoms with E-state index in [1.54, 1.807) is 0 Å². The van der Waals surface area contributed by atoms with Gasteiger partial charge in [-0.15, -0.1) is 0 Å². The van der Waals surface area contributed by atoms with Gasteiger partial charge in [0.1, 0.15) is 0 Å². The molecule has 0 aromatic heterocycles. The molecule has 1 aliphatic heterocycles. The fourth-order valence-corrected chi connectivity index (χ4v) is 0.630. The van der Waals surface area contributed by atoms with E-state index in [1.807, 2.05) is 0 Å². The number of cyclic esters (lactones) is 1. The molecule has 4 heteroatoms.